The van der Waals surface area contributed by atoms with Crippen molar-refractivity contribution >= 4 is 40.6 Å². The van der Waals surface area contributed by atoms with E-state index in [-0.39, 0.29) is 24.0 Å². The molecule has 2 amide bonds. The summed E-state index contributed by atoms with van der Waals surface area (Å²) in [6.07, 6.45) is 2.68. The van der Waals surface area contributed by atoms with Crippen LogP contribution in [0.1, 0.15) is 47.7 Å². The molecule has 0 aromatic heterocycles. The van der Waals surface area contributed by atoms with Crippen molar-refractivity contribution in [1.82, 2.24) is 0 Å². The van der Waals surface area contributed by atoms with Gasteiger partial charge in [-0.05, 0) is 80.6 Å². The molecule has 0 atom stereocenters. The van der Waals surface area contributed by atoms with E-state index >= 15 is 0 Å². The Hall–Kier alpha value is -2.66. The van der Waals surface area contributed by atoms with Crippen molar-refractivity contribution in [2.75, 3.05) is 16.8 Å². The summed E-state index contributed by atoms with van der Waals surface area (Å²) in [6.45, 7) is 3.87. The van der Waals surface area contributed by atoms with Crippen LogP contribution in [0.5, 0.6) is 0 Å². The van der Waals surface area contributed by atoms with Gasteiger partial charge in [0.2, 0.25) is 5.91 Å². The Labute approximate surface area is 169 Å². The summed E-state index contributed by atoms with van der Waals surface area (Å²) in [7, 11) is 0. The lowest BCUT2D eigenvalue weighted by molar-refractivity contribution is -0.124. The first-order valence-corrected chi connectivity index (χ1v) is 9.73. The Bertz CT molecular complexity index is 939. The first kappa shape index (κ1) is 20.1. The van der Waals surface area contributed by atoms with Gasteiger partial charge in [0, 0.05) is 28.5 Å². The van der Waals surface area contributed by atoms with Crippen molar-refractivity contribution in [2.45, 2.75) is 39.5 Å². The van der Waals surface area contributed by atoms with Crippen LogP contribution in [-0.2, 0) is 16.0 Å². The van der Waals surface area contributed by atoms with E-state index in [0.29, 0.717) is 22.8 Å². The summed E-state index contributed by atoms with van der Waals surface area (Å²) in [5.41, 5.74) is 3.93. The molecule has 0 aliphatic carbocycles. The van der Waals surface area contributed by atoms with Crippen LogP contribution in [-0.4, -0.2) is 24.1 Å². The van der Waals surface area contributed by atoms with Crippen LogP contribution in [0.25, 0.3) is 0 Å². The number of ketones is 1. The van der Waals surface area contributed by atoms with Gasteiger partial charge >= 0.3 is 0 Å². The largest absolute Gasteiger partial charge is 0.326 e. The minimum atomic E-state index is -0.357. The van der Waals surface area contributed by atoms with Crippen LogP contribution >= 0.6 is 11.6 Å². The van der Waals surface area contributed by atoms with Crippen molar-refractivity contribution in [2.24, 2.45) is 0 Å². The highest BCUT2D eigenvalue weighted by Gasteiger charge is 2.23. The van der Waals surface area contributed by atoms with Gasteiger partial charge in [0.15, 0.2) is 0 Å². The highest BCUT2D eigenvalue weighted by Crippen LogP contribution is 2.31. The zero-order valence-corrected chi connectivity index (χ0v) is 16.8. The van der Waals surface area contributed by atoms with E-state index in [0.717, 1.165) is 36.1 Å². The lowest BCUT2D eigenvalue weighted by Gasteiger charge is -2.24. The molecule has 0 radical (unpaired) electrons. The van der Waals surface area contributed by atoms with Gasteiger partial charge in [0.1, 0.15) is 5.78 Å². The standard InChI is InChI=1S/C22H23ClN2O3/c1-14-11-18(24-21(27)12-15(2)26)7-8-19(14)22(28)25-10-4-3-5-16-13-17(23)6-9-20(16)25/h6-9,11,13H,3-5,10,12H2,1-2H3,(H,24,27). The highest BCUT2D eigenvalue weighted by atomic mass is 35.5. The third kappa shape index (κ3) is 4.60. The lowest BCUT2D eigenvalue weighted by atomic mass is 10.0. The van der Waals surface area contributed by atoms with Crippen molar-refractivity contribution < 1.29 is 14.4 Å². The molecule has 1 heterocycles. The van der Waals surface area contributed by atoms with Gasteiger partial charge in [-0.15, -0.1) is 0 Å². The van der Waals surface area contributed by atoms with Crippen LogP contribution in [0.2, 0.25) is 5.02 Å². The summed E-state index contributed by atoms with van der Waals surface area (Å²) >= 11 is 6.13. The summed E-state index contributed by atoms with van der Waals surface area (Å²) in [6, 6.07) is 10.8. The average Bonchev–Trinajstić information content (AvgIpc) is 2.82. The van der Waals surface area contributed by atoms with Gasteiger partial charge in [-0.3, -0.25) is 14.4 Å². The molecule has 0 saturated carbocycles. The number of rotatable bonds is 4. The summed E-state index contributed by atoms with van der Waals surface area (Å²) in [5, 5.41) is 3.37. The fourth-order valence-corrected chi connectivity index (χ4v) is 3.69. The molecular weight excluding hydrogens is 376 g/mol. The fourth-order valence-electron chi connectivity index (χ4n) is 3.49. The fraction of sp³-hybridized carbons (Fsp3) is 0.318. The topological polar surface area (TPSA) is 66.5 Å². The number of anilines is 2. The number of amides is 2. The number of nitrogens with one attached hydrogen (secondary N) is 1. The Balaban J connectivity index is 1.85. The number of carbonyl (C=O) groups excluding carboxylic acids is 3. The quantitative estimate of drug-likeness (QED) is 0.768. The van der Waals surface area contributed by atoms with Crippen LogP contribution < -0.4 is 10.2 Å². The number of fused-ring (bicyclic) bond motifs is 1. The zero-order chi connectivity index (χ0) is 20.3. The van der Waals surface area contributed by atoms with E-state index in [4.69, 9.17) is 11.6 Å². The van der Waals surface area contributed by atoms with Crippen LogP contribution in [0.4, 0.5) is 11.4 Å². The number of benzene rings is 2. The maximum atomic E-state index is 13.3. The van der Waals surface area contributed by atoms with Crippen LogP contribution in [0.15, 0.2) is 36.4 Å². The van der Waals surface area contributed by atoms with E-state index in [1.165, 1.54) is 6.92 Å². The SMILES string of the molecule is CC(=O)CC(=O)Nc1ccc(C(=O)N2CCCCc3cc(Cl)ccc32)c(C)c1. The molecule has 0 unspecified atom stereocenters. The molecule has 28 heavy (non-hydrogen) atoms. The number of hydrogen-bond donors (Lipinski definition) is 1. The van der Waals surface area contributed by atoms with E-state index < -0.39 is 0 Å². The third-order valence-electron chi connectivity index (χ3n) is 4.81. The van der Waals surface area contributed by atoms with E-state index in [1.807, 2.05) is 30.0 Å². The Morgan fingerprint density at radius 3 is 2.61 bits per heavy atom. The monoisotopic (exact) mass is 398 g/mol. The molecule has 2 aromatic rings. The Kier molecular flexibility index (Phi) is 6.15. The average molecular weight is 399 g/mol. The molecule has 0 saturated heterocycles. The first-order chi connectivity index (χ1) is 13.3. The first-order valence-electron chi connectivity index (χ1n) is 9.35. The number of halogens is 1. The molecule has 1 aliphatic rings. The maximum absolute atomic E-state index is 13.3. The van der Waals surface area contributed by atoms with Crippen molar-refractivity contribution in [3.8, 4) is 0 Å². The predicted molar refractivity (Wildman–Crippen MR) is 111 cm³/mol. The summed E-state index contributed by atoms with van der Waals surface area (Å²) in [4.78, 5) is 37.9. The molecular formula is C22H23ClN2O3. The predicted octanol–water partition coefficient (Wildman–Crippen LogP) is 4.55. The lowest BCUT2D eigenvalue weighted by Crippen LogP contribution is -2.32. The molecule has 1 N–H and O–H groups in total. The Morgan fingerprint density at radius 2 is 1.89 bits per heavy atom. The number of aryl methyl sites for hydroxylation is 2. The van der Waals surface area contributed by atoms with Gasteiger partial charge in [-0.1, -0.05) is 11.6 Å². The van der Waals surface area contributed by atoms with Gasteiger partial charge in [0.25, 0.3) is 5.91 Å². The number of hydrogen-bond acceptors (Lipinski definition) is 3. The summed E-state index contributed by atoms with van der Waals surface area (Å²) < 4.78 is 0. The minimum Gasteiger partial charge on any atom is -0.326 e. The minimum absolute atomic E-state index is 0.0652. The van der Waals surface area contributed by atoms with Crippen molar-refractivity contribution in [3.63, 3.8) is 0 Å². The van der Waals surface area contributed by atoms with E-state index in [9.17, 15) is 14.4 Å². The molecule has 0 bridgehead atoms. The van der Waals surface area contributed by atoms with E-state index in [1.54, 1.807) is 18.2 Å². The van der Waals surface area contributed by atoms with Gasteiger partial charge in [-0.25, -0.2) is 0 Å². The smallest absolute Gasteiger partial charge is 0.258 e. The second kappa shape index (κ2) is 8.57. The maximum Gasteiger partial charge on any atom is 0.258 e. The Morgan fingerprint density at radius 1 is 1.11 bits per heavy atom. The van der Waals surface area contributed by atoms with Crippen LogP contribution in [0, 0.1) is 6.92 Å². The van der Waals surface area contributed by atoms with Crippen molar-refractivity contribution in [3.05, 3.63) is 58.1 Å². The number of nitrogens with zero attached hydrogens (tertiary/aromatic N) is 1. The molecule has 146 valence electrons. The molecule has 2 aromatic carbocycles. The highest BCUT2D eigenvalue weighted by molar-refractivity contribution is 6.30. The van der Waals surface area contributed by atoms with Gasteiger partial charge in [-0.2, -0.15) is 0 Å². The molecule has 0 spiro atoms. The molecule has 6 heteroatoms. The third-order valence-corrected chi connectivity index (χ3v) is 5.04. The van der Waals surface area contributed by atoms with Crippen LogP contribution in [0.3, 0.4) is 0 Å². The van der Waals surface area contributed by atoms with Gasteiger partial charge in [0.05, 0.1) is 6.42 Å². The molecule has 0 fully saturated rings. The number of Topliss-reactive ketones (excluding diaryl/α,β-unsaturated/α-hetero) is 1. The normalized spacial score (nSPS) is 13.5. The molecule has 1 aliphatic heterocycles. The van der Waals surface area contributed by atoms with E-state index in [2.05, 4.69) is 5.32 Å². The second-order valence-corrected chi connectivity index (χ2v) is 7.58. The van der Waals surface area contributed by atoms with Crippen molar-refractivity contribution in [1.29, 1.82) is 0 Å². The second-order valence-electron chi connectivity index (χ2n) is 7.14. The molecule has 5 nitrogen and oxygen atoms in total. The zero-order valence-electron chi connectivity index (χ0n) is 16.0. The molecule has 3 rings (SSSR count). The number of carbonyl (C=O) groups is 3. The van der Waals surface area contributed by atoms with Gasteiger partial charge < -0.3 is 10.2 Å². The summed E-state index contributed by atoms with van der Waals surface area (Å²) in [5.74, 6) is -0.616.